The van der Waals surface area contributed by atoms with Crippen LogP contribution in [0.2, 0.25) is 18.1 Å². The Morgan fingerprint density at radius 3 is 2.33 bits per heavy atom. The van der Waals surface area contributed by atoms with Gasteiger partial charge in [-0.05, 0) is 43.8 Å². The van der Waals surface area contributed by atoms with E-state index < -0.39 is 14.4 Å². The Kier molecular flexibility index (Phi) is 8.02. The number of ether oxygens (including phenoxy) is 1. The van der Waals surface area contributed by atoms with Crippen LogP contribution < -0.4 is 0 Å². The summed E-state index contributed by atoms with van der Waals surface area (Å²) in [5.41, 5.74) is -0.219. The average molecular weight is 424 g/mol. The summed E-state index contributed by atoms with van der Waals surface area (Å²) in [5, 5.41) is 11.0. The first-order valence-corrected chi connectivity index (χ1v) is 13.5. The lowest BCUT2D eigenvalue weighted by molar-refractivity contribution is -0.0923. The van der Waals surface area contributed by atoms with Crippen molar-refractivity contribution in [2.45, 2.75) is 109 Å². The predicted octanol–water partition coefficient (Wildman–Crippen LogP) is 5.51. The SMILES string of the molecule is CCC[C@H](CC1(CBr)C[C@@H](C)[C@@H](C(C)O)O1)O[Si](C)(C)C(C)(C)C. The second-order valence-corrected chi connectivity index (χ2v) is 14.6. The van der Waals surface area contributed by atoms with Gasteiger partial charge < -0.3 is 14.3 Å². The van der Waals surface area contributed by atoms with E-state index in [2.05, 4.69) is 63.6 Å². The van der Waals surface area contributed by atoms with Crippen LogP contribution in [0.3, 0.4) is 0 Å². The lowest BCUT2D eigenvalue weighted by Crippen LogP contribution is -2.46. The van der Waals surface area contributed by atoms with E-state index in [1.807, 2.05) is 6.92 Å². The minimum absolute atomic E-state index is 0.0716. The number of rotatable bonds is 8. The predicted molar refractivity (Wildman–Crippen MR) is 108 cm³/mol. The normalized spacial score (nSPS) is 31.2. The van der Waals surface area contributed by atoms with E-state index >= 15 is 0 Å². The first-order chi connectivity index (χ1) is 10.9. The first-order valence-electron chi connectivity index (χ1n) is 9.47. The number of aliphatic hydroxyl groups is 1. The molecule has 2 unspecified atom stereocenters. The van der Waals surface area contributed by atoms with Crippen molar-refractivity contribution in [2.24, 2.45) is 5.92 Å². The van der Waals surface area contributed by atoms with Crippen LogP contribution in [-0.4, -0.2) is 42.7 Å². The third-order valence-electron chi connectivity index (χ3n) is 5.84. The van der Waals surface area contributed by atoms with E-state index in [0.29, 0.717) is 5.92 Å². The van der Waals surface area contributed by atoms with Crippen LogP contribution >= 0.6 is 15.9 Å². The molecule has 3 nitrogen and oxygen atoms in total. The van der Waals surface area contributed by atoms with E-state index in [4.69, 9.17) is 9.16 Å². The van der Waals surface area contributed by atoms with Crippen LogP contribution in [0, 0.1) is 5.92 Å². The van der Waals surface area contributed by atoms with Crippen molar-refractivity contribution in [3.63, 3.8) is 0 Å². The maximum absolute atomic E-state index is 10.0. The molecule has 0 amide bonds. The molecule has 1 aliphatic heterocycles. The average Bonchev–Trinajstić information content (AvgIpc) is 2.75. The highest BCUT2D eigenvalue weighted by molar-refractivity contribution is 9.09. The van der Waals surface area contributed by atoms with E-state index in [9.17, 15) is 5.11 Å². The van der Waals surface area contributed by atoms with Gasteiger partial charge in [-0.25, -0.2) is 0 Å². The van der Waals surface area contributed by atoms with Crippen molar-refractivity contribution in [3.05, 3.63) is 0 Å². The molecule has 0 aromatic carbocycles. The lowest BCUT2D eigenvalue weighted by Gasteiger charge is -2.41. The summed E-state index contributed by atoms with van der Waals surface area (Å²) in [6.07, 6.45) is 3.81. The maximum atomic E-state index is 10.0. The van der Waals surface area contributed by atoms with Gasteiger partial charge in [-0.3, -0.25) is 0 Å². The molecule has 0 aromatic heterocycles. The van der Waals surface area contributed by atoms with E-state index in [-0.39, 0.29) is 22.8 Å². The van der Waals surface area contributed by atoms with Crippen molar-refractivity contribution < 1.29 is 14.3 Å². The summed E-state index contributed by atoms with van der Waals surface area (Å²) in [7, 11) is -1.80. The molecule has 1 N–H and O–H groups in total. The summed E-state index contributed by atoms with van der Waals surface area (Å²) >= 11 is 3.69. The van der Waals surface area contributed by atoms with Crippen LogP contribution in [0.25, 0.3) is 0 Å². The Hall–Kier alpha value is 0.577. The van der Waals surface area contributed by atoms with Crippen LogP contribution in [0.15, 0.2) is 0 Å². The Morgan fingerprint density at radius 1 is 1.38 bits per heavy atom. The Labute approximate surface area is 159 Å². The van der Waals surface area contributed by atoms with Gasteiger partial charge in [0.2, 0.25) is 0 Å². The van der Waals surface area contributed by atoms with Crippen molar-refractivity contribution in [2.75, 3.05) is 5.33 Å². The molecule has 0 aliphatic carbocycles. The molecule has 0 spiro atoms. The van der Waals surface area contributed by atoms with Gasteiger partial charge in [-0.15, -0.1) is 0 Å². The van der Waals surface area contributed by atoms with Crippen LogP contribution in [0.1, 0.15) is 67.2 Å². The standard InChI is InChI=1S/C19H39BrO3Si/c1-9-10-16(23-24(7,8)18(4,5)6)12-19(13-20)11-14(2)17(22-19)15(3)21/h14-17,21H,9-13H2,1-8H3/t14-,15?,16-,17+,19?/m1/s1. The maximum Gasteiger partial charge on any atom is 0.192 e. The van der Waals surface area contributed by atoms with Crippen molar-refractivity contribution in [1.29, 1.82) is 0 Å². The highest BCUT2D eigenvalue weighted by Gasteiger charge is 2.48. The zero-order valence-electron chi connectivity index (χ0n) is 17.0. The topological polar surface area (TPSA) is 38.7 Å². The zero-order valence-corrected chi connectivity index (χ0v) is 19.6. The monoisotopic (exact) mass is 422 g/mol. The van der Waals surface area contributed by atoms with Gasteiger partial charge in [0.25, 0.3) is 0 Å². The molecule has 1 aliphatic rings. The lowest BCUT2D eigenvalue weighted by atomic mass is 9.88. The minimum atomic E-state index is -1.80. The van der Waals surface area contributed by atoms with E-state index in [1.165, 1.54) is 0 Å². The van der Waals surface area contributed by atoms with Gasteiger partial charge in [0.05, 0.1) is 17.8 Å². The van der Waals surface area contributed by atoms with Crippen molar-refractivity contribution in [3.8, 4) is 0 Å². The second kappa shape index (κ2) is 8.51. The molecule has 5 heteroatoms. The molecule has 24 heavy (non-hydrogen) atoms. The first kappa shape index (κ1) is 22.6. The van der Waals surface area contributed by atoms with Crippen LogP contribution in [-0.2, 0) is 9.16 Å². The second-order valence-electron chi connectivity index (χ2n) is 9.31. The number of hydrogen-bond donors (Lipinski definition) is 1. The summed E-state index contributed by atoms with van der Waals surface area (Å²) in [4.78, 5) is 0. The Morgan fingerprint density at radius 2 is 1.96 bits per heavy atom. The molecule has 1 fully saturated rings. The number of alkyl halides is 1. The van der Waals surface area contributed by atoms with E-state index in [0.717, 1.165) is 31.0 Å². The molecule has 144 valence electrons. The molecule has 0 radical (unpaired) electrons. The van der Waals surface area contributed by atoms with Gasteiger partial charge in [0, 0.05) is 17.9 Å². The number of halogens is 1. The molecule has 0 saturated carbocycles. The zero-order chi connectivity index (χ0) is 18.8. The third-order valence-corrected chi connectivity index (χ3v) is 11.4. The van der Waals surface area contributed by atoms with Gasteiger partial charge in [-0.1, -0.05) is 57.0 Å². The van der Waals surface area contributed by atoms with Gasteiger partial charge in [0.1, 0.15) is 0 Å². The fourth-order valence-corrected chi connectivity index (χ4v) is 5.51. The molecular formula is C19H39BrO3Si. The molecule has 1 saturated heterocycles. The molecule has 1 heterocycles. The molecule has 0 bridgehead atoms. The Bertz CT molecular complexity index is 395. The largest absolute Gasteiger partial charge is 0.414 e. The number of aliphatic hydroxyl groups excluding tert-OH is 1. The fraction of sp³-hybridized carbons (Fsp3) is 1.00. The van der Waals surface area contributed by atoms with Crippen LogP contribution in [0.4, 0.5) is 0 Å². The molecule has 0 aromatic rings. The molecule has 1 rings (SSSR count). The van der Waals surface area contributed by atoms with Crippen molar-refractivity contribution in [1.82, 2.24) is 0 Å². The molecule has 5 atom stereocenters. The quantitative estimate of drug-likeness (QED) is 0.413. The Balaban J connectivity index is 2.90. The van der Waals surface area contributed by atoms with Gasteiger partial charge >= 0.3 is 0 Å². The highest BCUT2D eigenvalue weighted by Crippen LogP contribution is 2.44. The van der Waals surface area contributed by atoms with Crippen LogP contribution in [0.5, 0.6) is 0 Å². The number of hydrogen-bond acceptors (Lipinski definition) is 3. The van der Waals surface area contributed by atoms with Crippen molar-refractivity contribution >= 4 is 24.2 Å². The molecular weight excluding hydrogens is 384 g/mol. The summed E-state index contributed by atoms with van der Waals surface area (Å²) in [5.74, 6) is 0.373. The third kappa shape index (κ3) is 5.54. The smallest absolute Gasteiger partial charge is 0.192 e. The fourth-order valence-electron chi connectivity index (χ4n) is 3.53. The summed E-state index contributed by atoms with van der Waals surface area (Å²) in [6.45, 7) is 17.8. The van der Waals surface area contributed by atoms with E-state index in [1.54, 1.807) is 0 Å². The summed E-state index contributed by atoms with van der Waals surface area (Å²) < 4.78 is 13.1. The highest BCUT2D eigenvalue weighted by atomic mass is 79.9. The minimum Gasteiger partial charge on any atom is -0.414 e. The van der Waals surface area contributed by atoms with Gasteiger partial charge in [-0.2, -0.15) is 0 Å². The van der Waals surface area contributed by atoms with Gasteiger partial charge in [0.15, 0.2) is 8.32 Å². The summed E-state index contributed by atoms with van der Waals surface area (Å²) in [6, 6.07) is 0.